The quantitative estimate of drug-likeness (QED) is 0.745. The monoisotopic (exact) mass is 387 g/mol. The van der Waals surface area contributed by atoms with E-state index in [1.165, 1.54) is 28.4 Å². The third-order valence-electron chi connectivity index (χ3n) is 5.17. The van der Waals surface area contributed by atoms with Gasteiger partial charge < -0.3 is 10.0 Å². The molecule has 1 fully saturated rings. The number of nitrogens with zero attached hydrogens (tertiary/aromatic N) is 3. The fraction of sp³-hybridized carbons (Fsp3) is 0.316. The lowest BCUT2D eigenvalue weighted by atomic mass is 9.99. The molecule has 140 valence electrons. The molecule has 6 nitrogen and oxygen atoms in total. The van der Waals surface area contributed by atoms with Crippen molar-refractivity contribution in [3.8, 4) is 5.69 Å². The van der Waals surface area contributed by atoms with Gasteiger partial charge in [0.1, 0.15) is 16.2 Å². The van der Waals surface area contributed by atoms with Gasteiger partial charge in [-0.15, -0.1) is 11.3 Å². The average molecular weight is 387 g/mol. The SMILES string of the molecule is Cc1nn(-c2ccc(F)cc2)c2sc(C(=O)N3CCCC3(C)C(=O)O)cc12. The van der Waals surface area contributed by atoms with E-state index in [1.807, 2.05) is 6.92 Å². The summed E-state index contributed by atoms with van der Waals surface area (Å²) in [5.74, 6) is -1.59. The zero-order chi connectivity index (χ0) is 19.3. The molecule has 4 rings (SSSR count). The minimum absolute atomic E-state index is 0.274. The molecule has 1 amide bonds. The Morgan fingerprint density at radius 2 is 2.00 bits per heavy atom. The molecule has 1 saturated heterocycles. The highest BCUT2D eigenvalue weighted by Gasteiger charge is 2.46. The zero-order valence-electron chi connectivity index (χ0n) is 14.9. The van der Waals surface area contributed by atoms with Gasteiger partial charge in [0.25, 0.3) is 5.91 Å². The van der Waals surface area contributed by atoms with Gasteiger partial charge in [-0.1, -0.05) is 0 Å². The molecule has 1 unspecified atom stereocenters. The first-order chi connectivity index (χ1) is 12.8. The first kappa shape index (κ1) is 17.7. The number of halogens is 1. The highest BCUT2D eigenvalue weighted by atomic mass is 32.1. The Kier molecular flexibility index (Phi) is 4.03. The Morgan fingerprint density at radius 3 is 2.67 bits per heavy atom. The van der Waals surface area contributed by atoms with Gasteiger partial charge in [-0.2, -0.15) is 5.10 Å². The number of aliphatic carboxylic acids is 1. The molecule has 1 aliphatic rings. The lowest BCUT2D eigenvalue weighted by Crippen LogP contribution is -2.50. The highest BCUT2D eigenvalue weighted by Crippen LogP contribution is 2.35. The Morgan fingerprint density at radius 1 is 1.30 bits per heavy atom. The van der Waals surface area contributed by atoms with Gasteiger partial charge in [0.2, 0.25) is 0 Å². The number of carboxylic acid groups (broad SMARTS) is 1. The molecule has 1 aromatic carbocycles. The predicted molar refractivity (Wildman–Crippen MR) is 100.0 cm³/mol. The molecule has 0 aliphatic carbocycles. The third kappa shape index (κ3) is 2.71. The molecule has 0 radical (unpaired) electrons. The summed E-state index contributed by atoms with van der Waals surface area (Å²) in [6.45, 7) is 3.87. The predicted octanol–water partition coefficient (Wildman–Crippen LogP) is 3.61. The van der Waals surface area contributed by atoms with Gasteiger partial charge in [0, 0.05) is 11.9 Å². The molecule has 0 spiro atoms. The van der Waals surface area contributed by atoms with Crippen molar-refractivity contribution in [2.24, 2.45) is 0 Å². The lowest BCUT2D eigenvalue weighted by molar-refractivity contribution is -0.147. The van der Waals surface area contributed by atoms with Crippen molar-refractivity contribution in [1.29, 1.82) is 0 Å². The molecule has 1 aliphatic heterocycles. The number of aryl methyl sites for hydroxylation is 1. The minimum atomic E-state index is -1.18. The number of hydrogen-bond acceptors (Lipinski definition) is 4. The van der Waals surface area contributed by atoms with Crippen LogP contribution in [0.1, 0.15) is 35.1 Å². The Hall–Kier alpha value is -2.74. The second kappa shape index (κ2) is 6.16. The van der Waals surface area contributed by atoms with Gasteiger partial charge in [-0.3, -0.25) is 4.79 Å². The van der Waals surface area contributed by atoms with Gasteiger partial charge in [-0.05, 0) is 57.0 Å². The van der Waals surface area contributed by atoms with Crippen LogP contribution in [0.3, 0.4) is 0 Å². The molecular weight excluding hydrogens is 369 g/mol. The average Bonchev–Trinajstić information content (AvgIpc) is 3.31. The summed E-state index contributed by atoms with van der Waals surface area (Å²) in [6.07, 6.45) is 1.11. The van der Waals surface area contributed by atoms with Crippen LogP contribution in [0.25, 0.3) is 15.9 Å². The summed E-state index contributed by atoms with van der Waals surface area (Å²) in [5, 5.41) is 14.9. The number of likely N-dealkylation sites (tertiary alicyclic amines) is 1. The van der Waals surface area contributed by atoms with Crippen molar-refractivity contribution in [3.63, 3.8) is 0 Å². The maximum atomic E-state index is 13.2. The van der Waals surface area contributed by atoms with Gasteiger partial charge in [0.15, 0.2) is 0 Å². The van der Waals surface area contributed by atoms with Crippen LogP contribution in [0.5, 0.6) is 0 Å². The minimum Gasteiger partial charge on any atom is -0.480 e. The van der Waals surface area contributed by atoms with Crippen LogP contribution in [0.4, 0.5) is 4.39 Å². The fourth-order valence-electron chi connectivity index (χ4n) is 3.55. The molecule has 2 aromatic heterocycles. The number of fused-ring (bicyclic) bond motifs is 1. The van der Waals surface area contributed by atoms with E-state index in [4.69, 9.17) is 0 Å². The van der Waals surface area contributed by atoms with Gasteiger partial charge in [-0.25, -0.2) is 13.9 Å². The number of hydrogen-bond donors (Lipinski definition) is 1. The van der Waals surface area contributed by atoms with E-state index in [1.54, 1.807) is 29.8 Å². The van der Waals surface area contributed by atoms with Crippen molar-refractivity contribution in [1.82, 2.24) is 14.7 Å². The van der Waals surface area contributed by atoms with Crippen molar-refractivity contribution >= 4 is 33.4 Å². The topological polar surface area (TPSA) is 75.4 Å². The van der Waals surface area contributed by atoms with E-state index in [9.17, 15) is 19.1 Å². The van der Waals surface area contributed by atoms with Crippen molar-refractivity contribution in [2.75, 3.05) is 6.54 Å². The van der Waals surface area contributed by atoms with Crippen molar-refractivity contribution in [2.45, 2.75) is 32.2 Å². The summed E-state index contributed by atoms with van der Waals surface area (Å²) in [5.41, 5.74) is 0.282. The second-order valence-corrected chi connectivity index (χ2v) is 7.97. The number of carbonyl (C=O) groups is 2. The normalized spacial score (nSPS) is 19.7. The molecule has 1 atom stereocenters. The first-order valence-electron chi connectivity index (χ1n) is 8.62. The zero-order valence-corrected chi connectivity index (χ0v) is 15.7. The summed E-state index contributed by atoms with van der Waals surface area (Å²) >= 11 is 1.27. The molecule has 27 heavy (non-hydrogen) atoms. The lowest BCUT2D eigenvalue weighted by Gasteiger charge is -2.30. The summed E-state index contributed by atoms with van der Waals surface area (Å²) in [7, 11) is 0. The first-order valence-corrected chi connectivity index (χ1v) is 9.43. The second-order valence-electron chi connectivity index (χ2n) is 6.94. The molecule has 8 heteroatoms. The number of carboxylic acids is 1. The van der Waals surface area contributed by atoms with Crippen LogP contribution in [0.2, 0.25) is 0 Å². The maximum Gasteiger partial charge on any atom is 0.329 e. The van der Waals surface area contributed by atoms with E-state index in [-0.39, 0.29) is 11.7 Å². The van der Waals surface area contributed by atoms with E-state index in [2.05, 4.69) is 5.10 Å². The summed E-state index contributed by atoms with van der Waals surface area (Å²) in [6, 6.07) is 7.75. The molecular formula is C19H18FN3O3S. The molecule has 1 N–H and O–H groups in total. The largest absolute Gasteiger partial charge is 0.480 e. The third-order valence-corrected chi connectivity index (χ3v) is 6.27. The van der Waals surface area contributed by atoms with Gasteiger partial charge >= 0.3 is 5.97 Å². The molecule has 0 bridgehead atoms. The van der Waals surface area contributed by atoms with Crippen molar-refractivity contribution in [3.05, 3.63) is 46.7 Å². The number of amides is 1. The molecule has 0 saturated carbocycles. The maximum absolute atomic E-state index is 13.2. The Bertz CT molecular complexity index is 1060. The van der Waals surface area contributed by atoms with Crippen LogP contribution < -0.4 is 0 Å². The summed E-state index contributed by atoms with van der Waals surface area (Å²) < 4.78 is 14.9. The van der Waals surface area contributed by atoms with Crippen molar-refractivity contribution < 1.29 is 19.1 Å². The number of aromatic nitrogens is 2. The van der Waals surface area contributed by atoms with E-state index < -0.39 is 11.5 Å². The van der Waals surface area contributed by atoms with Crippen LogP contribution in [0.15, 0.2) is 30.3 Å². The summed E-state index contributed by atoms with van der Waals surface area (Å²) in [4.78, 5) is 27.4. The molecule has 3 heterocycles. The number of rotatable bonds is 3. The van der Waals surface area contributed by atoms with Crippen LogP contribution in [-0.4, -0.2) is 43.7 Å². The van der Waals surface area contributed by atoms with Gasteiger partial charge in [0.05, 0.1) is 16.3 Å². The Balaban J connectivity index is 1.76. The van der Waals surface area contributed by atoms with E-state index in [0.717, 1.165) is 15.9 Å². The van der Waals surface area contributed by atoms with Crippen LogP contribution >= 0.6 is 11.3 Å². The van der Waals surface area contributed by atoms with Crippen LogP contribution in [-0.2, 0) is 4.79 Å². The van der Waals surface area contributed by atoms with E-state index >= 15 is 0 Å². The fourth-order valence-corrected chi connectivity index (χ4v) is 4.69. The molecule has 3 aromatic rings. The highest BCUT2D eigenvalue weighted by molar-refractivity contribution is 7.20. The van der Waals surface area contributed by atoms with Crippen LogP contribution in [0, 0.1) is 12.7 Å². The van der Waals surface area contributed by atoms with E-state index in [0.29, 0.717) is 30.0 Å². The Labute approximate surface area is 158 Å². The smallest absolute Gasteiger partial charge is 0.329 e. The number of benzene rings is 1. The number of thiophene rings is 1. The standard InChI is InChI=1S/C19H18FN3O3S/c1-11-14-10-15(16(24)22-9-3-8-19(22,2)18(25)26)27-17(14)23(21-11)13-6-4-12(20)5-7-13/h4-7,10H,3,8-9H2,1-2H3,(H,25,26). The number of carbonyl (C=O) groups excluding carboxylic acids is 1.